The fraction of sp³-hybridized carbons (Fsp3) is 0.333. The van der Waals surface area contributed by atoms with Crippen LogP contribution in [-0.4, -0.2) is 37.1 Å². The number of benzene rings is 1. The van der Waals surface area contributed by atoms with Crippen molar-refractivity contribution >= 4 is 28.9 Å². The van der Waals surface area contributed by atoms with E-state index in [2.05, 4.69) is 10.6 Å². The lowest BCUT2D eigenvalue weighted by atomic mass is 10.1. The van der Waals surface area contributed by atoms with Crippen LogP contribution in [0.1, 0.15) is 18.4 Å². The van der Waals surface area contributed by atoms with Crippen LogP contribution in [-0.2, 0) is 9.59 Å². The molecule has 10 heteroatoms. The maximum absolute atomic E-state index is 12.0. The molecule has 0 saturated carbocycles. The van der Waals surface area contributed by atoms with Gasteiger partial charge in [0.25, 0.3) is 5.91 Å². The van der Waals surface area contributed by atoms with Crippen molar-refractivity contribution in [1.29, 1.82) is 0 Å². The fourth-order valence-electron chi connectivity index (χ4n) is 2.55. The Labute approximate surface area is 159 Å². The normalized spacial score (nSPS) is 11.6. The maximum Gasteiger partial charge on any atom is 0.336 e. The van der Waals surface area contributed by atoms with Gasteiger partial charge in [-0.15, -0.1) is 0 Å². The van der Waals surface area contributed by atoms with E-state index in [9.17, 15) is 24.3 Å². The summed E-state index contributed by atoms with van der Waals surface area (Å²) in [6.45, 7) is 1.50. The number of hydrogen-bond donors (Lipinski definition) is 3. The lowest BCUT2D eigenvalue weighted by molar-refractivity contribution is -0.308. The van der Waals surface area contributed by atoms with Crippen LogP contribution in [0.4, 0.5) is 4.79 Å². The lowest BCUT2D eigenvalue weighted by Gasteiger charge is -2.19. The van der Waals surface area contributed by atoms with E-state index in [1.807, 2.05) is 0 Å². The van der Waals surface area contributed by atoms with Gasteiger partial charge >= 0.3 is 11.7 Å². The van der Waals surface area contributed by atoms with Crippen molar-refractivity contribution in [1.82, 2.24) is 10.6 Å². The molecule has 2 rings (SSSR count). The first-order valence-electron chi connectivity index (χ1n) is 8.47. The van der Waals surface area contributed by atoms with Crippen LogP contribution in [0.5, 0.6) is 5.75 Å². The van der Waals surface area contributed by atoms with Crippen molar-refractivity contribution in [3.8, 4) is 5.75 Å². The third-order valence-corrected chi connectivity index (χ3v) is 3.88. The minimum absolute atomic E-state index is 0.0504. The molecule has 150 valence electrons. The first-order valence-corrected chi connectivity index (χ1v) is 8.47. The van der Waals surface area contributed by atoms with Crippen LogP contribution in [0.15, 0.2) is 33.5 Å². The van der Waals surface area contributed by atoms with Crippen LogP contribution in [0, 0.1) is 6.92 Å². The molecule has 3 amide bonds. The number of carbonyl (C=O) groups excluding carboxylic acids is 3. The molecule has 2 aromatic rings. The molecule has 4 N–H and O–H groups in total. The summed E-state index contributed by atoms with van der Waals surface area (Å²) in [5.74, 6) is -1.83. The van der Waals surface area contributed by atoms with Gasteiger partial charge in [0.15, 0.2) is 6.61 Å². The third-order valence-electron chi connectivity index (χ3n) is 3.88. The van der Waals surface area contributed by atoms with E-state index in [4.69, 9.17) is 14.9 Å². The highest BCUT2D eigenvalue weighted by atomic mass is 16.5. The quantitative estimate of drug-likeness (QED) is 0.371. The number of amides is 3. The first kappa shape index (κ1) is 20.7. The van der Waals surface area contributed by atoms with Gasteiger partial charge in [-0.1, -0.05) is 0 Å². The Morgan fingerprint density at radius 2 is 2.04 bits per heavy atom. The van der Waals surface area contributed by atoms with Crippen molar-refractivity contribution in [2.75, 3.05) is 13.2 Å². The molecule has 0 aliphatic heterocycles. The van der Waals surface area contributed by atoms with E-state index in [0.29, 0.717) is 5.58 Å². The number of nitrogens with two attached hydrogens (primary N) is 1. The summed E-state index contributed by atoms with van der Waals surface area (Å²) >= 11 is 0. The Morgan fingerprint density at radius 1 is 1.29 bits per heavy atom. The SMILES string of the molecule is Cc1cc(=O)oc2cc(OCC(=O)N[C@@H](CCCNC(N)=O)C(=O)[O-])ccc12. The van der Waals surface area contributed by atoms with E-state index in [0.717, 1.165) is 10.9 Å². The summed E-state index contributed by atoms with van der Waals surface area (Å²) < 4.78 is 10.4. The van der Waals surface area contributed by atoms with Crippen molar-refractivity contribution in [2.45, 2.75) is 25.8 Å². The van der Waals surface area contributed by atoms with Crippen LogP contribution in [0.3, 0.4) is 0 Å². The minimum Gasteiger partial charge on any atom is -0.548 e. The first-order chi connectivity index (χ1) is 13.3. The second kappa shape index (κ2) is 9.40. The molecule has 0 radical (unpaired) electrons. The maximum atomic E-state index is 12.0. The summed E-state index contributed by atoms with van der Waals surface area (Å²) in [4.78, 5) is 45.1. The zero-order chi connectivity index (χ0) is 20.7. The van der Waals surface area contributed by atoms with Gasteiger partial charge in [0.05, 0.1) is 12.0 Å². The average Bonchev–Trinajstić information content (AvgIpc) is 2.61. The van der Waals surface area contributed by atoms with Crippen LogP contribution in [0.2, 0.25) is 0 Å². The van der Waals surface area contributed by atoms with E-state index in [-0.39, 0.29) is 25.1 Å². The van der Waals surface area contributed by atoms with Gasteiger partial charge in [0, 0.05) is 24.1 Å². The predicted molar refractivity (Wildman–Crippen MR) is 96.5 cm³/mol. The highest BCUT2D eigenvalue weighted by molar-refractivity contribution is 5.84. The Hall–Kier alpha value is -3.56. The summed E-state index contributed by atoms with van der Waals surface area (Å²) in [6.07, 6.45) is 0.334. The molecule has 0 aliphatic rings. The van der Waals surface area contributed by atoms with E-state index in [1.165, 1.54) is 12.1 Å². The molecule has 1 atom stereocenters. The number of carboxylic acids is 1. The highest BCUT2D eigenvalue weighted by Gasteiger charge is 2.14. The summed E-state index contributed by atoms with van der Waals surface area (Å²) in [7, 11) is 0. The fourth-order valence-corrected chi connectivity index (χ4v) is 2.55. The van der Waals surface area contributed by atoms with Gasteiger partial charge in [-0.25, -0.2) is 9.59 Å². The topological polar surface area (TPSA) is 164 Å². The largest absolute Gasteiger partial charge is 0.548 e. The molecule has 1 aromatic heterocycles. The van der Waals surface area contributed by atoms with Crippen LogP contribution < -0.4 is 31.8 Å². The van der Waals surface area contributed by atoms with Crippen molar-refractivity contribution in [3.63, 3.8) is 0 Å². The summed E-state index contributed by atoms with van der Waals surface area (Å²) in [5, 5.41) is 16.5. The number of carboxylic acid groups (broad SMARTS) is 1. The van der Waals surface area contributed by atoms with Gasteiger partial charge in [-0.05, 0) is 37.5 Å². The number of nitrogens with one attached hydrogen (secondary N) is 2. The number of aliphatic carboxylic acids is 1. The number of carbonyl (C=O) groups is 3. The summed E-state index contributed by atoms with van der Waals surface area (Å²) in [6, 6.07) is 4.19. The Bertz CT molecular complexity index is 938. The molecule has 0 aliphatic carbocycles. The van der Waals surface area contributed by atoms with Gasteiger partial charge in [-0.2, -0.15) is 0 Å². The van der Waals surface area contributed by atoms with E-state index >= 15 is 0 Å². The predicted octanol–water partition coefficient (Wildman–Crippen LogP) is -0.837. The van der Waals surface area contributed by atoms with Crippen LogP contribution in [0.25, 0.3) is 11.0 Å². The molecular formula is C18H20N3O7-. The zero-order valence-electron chi connectivity index (χ0n) is 15.2. The van der Waals surface area contributed by atoms with Gasteiger partial charge in [-0.3, -0.25) is 4.79 Å². The molecule has 0 bridgehead atoms. The Kier molecular flexibility index (Phi) is 6.96. The summed E-state index contributed by atoms with van der Waals surface area (Å²) in [5.41, 5.74) is 5.47. The smallest absolute Gasteiger partial charge is 0.336 e. The van der Waals surface area contributed by atoms with Gasteiger partial charge in [0.2, 0.25) is 0 Å². The molecule has 10 nitrogen and oxygen atoms in total. The zero-order valence-corrected chi connectivity index (χ0v) is 15.2. The monoisotopic (exact) mass is 390 g/mol. The van der Waals surface area contributed by atoms with Crippen molar-refractivity contribution in [3.05, 3.63) is 40.2 Å². The van der Waals surface area contributed by atoms with E-state index < -0.39 is 36.2 Å². The van der Waals surface area contributed by atoms with Gasteiger partial charge in [0.1, 0.15) is 11.3 Å². The number of hydrogen-bond acceptors (Lipinski definition) is 7. The Balaban J connectivity index is 1.91. The van der Waals surface area contributed by atoms with Crippen molar-refractivity contribution < 1.29 is 28.6 Å². The molecule has 0 spiro atoms. The number of aryl methyl sites for hydroxylation is 1. The number of rotatable bonds is 9. The van der Waals surface area contributed by atoms with Crippen LogP contribution >= 0.6 is 0 Å². The van der Waals surface area contributed by atoms with E-state index in [1.54, 1.807) is 19.1 Å². The number of ether oxygens (including phenoxy) is 1. The average molecular weight is 390 g/mol. The second-order valence-electron chi connectivity index (χ2n) is 6.07. The molecule has 1 heterocycles. The highest BCUT2D eigenvalue weighted by Crippen LogP contribution is 2.22. The number of primary amides is 1. The number of fused-ring (bicyclic) bond motifs is 1. The van der Waals surface area contributed by atoms with Gasteiger partial charge < -0.3 is 35.4 Å². The standard InChI is InChI=1S/C18H21N3O7/c1-10-7-16(23)28-14-8-11(4-5-12(10)14)27-9-15(22)21-13(17(24)25)3-2-6-20-18(19)26/h4-5,7-8,13H,2-3,6,9H2,1H3,(H,21,22)(H,24,25)(H3,19,20,26)/p-1/t13-/m0/s1. The molecular weight excluding hydrogens is 370 g/mol. The van der Waals surface area contributed by atoms with Crippen molar-refractivity contribution in [2.24, 2.45) is 5.73 Å². The second-order valence-corrected chi connectivity index (χ2v) is 6.07. The molecule has 1 aromatic carbocycles. The Morgan fingerprint density at radius 3 is 2.71 bits per heavy atom. The lowest BCUT2D eigenvalue weighted by Crippen LogP contribution is -2.49. The number of urea groups is 1. The molecule has 0 unspecified atom stereocenters. The molecule has 0 saturated heterocycles. The minimum atomic E-state index is -1.45. The molecule has 28 heavy (non-hydrogen) atoms. The third kappa shape index (κ3) is 6.01. The molecule has 0 fully saturated rings.